The van der Waals surface area contributed by atoms with Crippen molar-refractivity contribution in [3.05, 3.63) is 103 Å². The van der Waals surface area contributed by atoms with E-state index in [1.807, 2.05) is 107 Å². The van der Waals surface area contributed by atoms with Gasteiger partial charge in [0.15, 0.2) is 0 Å². The highest BCUT2D eigenvalue weighted by Gasteiger charge is 2.13. The first kappa shape index (κ1) is 20.4. The van der Waals surface area contributed by atoms with Gasteiger partial charge in [-0.2, -0.15) is 10.2 Å². The van der Waals surface area contributed by atoms with Gasteiger partial charge in [0, 0.05) is 24.4 Å². The van der Waals surface area contributed by atoms with Crippen LogP contribution in [0, 0.1) is 0 Å². The van der Waals surface area contributed by atoms with E-state index >= 15 is 0 Å². The fourth-order valence-corrected chi connectivity index (χ4v) is 3.73. The molecule has 0 atom stereocenters. The second-order valence-corrected chi connectivity index (χ2v) is 7.62. The molecule has 162 valence electrons. The third-order valence-electron chi connectivity index (χ3n) is 5.40. The van der Waals surface area contributed by atoms with E-state index in [0.29, 0.717) is 5.82 Å². The second-order valence-electron chi connectivity index (χ2n) is 7.62. The van der Waals surface area contributed by atoms with Crippen LogP contribution in [-0.2, 0) is 18.3 Å². The van der Waals surface area contributed by atoms with Gasteiger partial charge in [0.2, 0.25) is 5.91 Å². The van der Waals surface area contributed by atoms with Crippen LogP contribution in [0.5, 0.6) is 0 Å². The summed E-state index contributed by atoms with van der Waals surface area (Å²) in [5.74, 6) is 0.451. The molecule has 0 saturated heterocycles. The maximum absolute atomic E-state index is 12.5. The predicted molar refractivity (Wildman–Crippen MR) is 129 cm³/mol. The van der Waals surface area contributed by atoms with Gasteiger partial charge < -0.3 is 4.57 Å². The van der Waals surface area contributed by atoms with Crippen LogP contribution in [0.15, 0.2) is 96.2 Å². The molecule has 0 saturated carbocycles. The number of para-hydroxylation sites is 3. The molecule has 0 spiro atoms. The zero-order valence-electron chi connectivity index (χ0n) is 18.1. The number of hydrogen-bond donors (Lipinski definition) is 1. The van der Waals surface area contributed by atoms with Crippen molar-refractivity contribution in [2.75, 3.05) is 0 Å². The molecule has 0 radical (unpaired) electrons. The zero-order chi connectivity index (χ0) is 22.6. The normalized spacial score (nSPS) is 11.3. The Hall–Kier alpha value is -4.52. The highest BCUT2D eigenvalue weighted by Crippen LogP contribution is 2.22. The minimum absolute atomic E-state index is 0.136. The minimum atomic E-state index is -0.235. The number of fused-ring (bicyclic) bond motifs is 1. The molecule has 2 heterocycles. The molecule has 0 aliphatic heterocycles. The van der Waals surface area contributed by atoms with Gasteiger partial charge in [0.25, 0.3) is 0 Å². The molecular formula is C26H22N6O. The number of aromatic nitrogens is 4. The predicted octanol–water partition coefficient (Wildman–Crippen LogP) is 4.12. The van der Waals surface area contributed by atoms with Crippen molar-refractivity contribution in [1.82, 2.24) is 24.8 Å². The number of carbonyl (C=O) groups excluding carboxylic acids is 1. The molecular weight excluding hydrogens is 412 g/mol. The van der Waals surface area contributed by atoms with Crippen LogP contribution in [0.4, 0.5) is 0 Å². The Morgan fingerprint density at radius 1 is 0.970 bits per heavy atom. The first-order chi connectivity index (χ1) is 16.2. The SMILES string of the molecule is Cn1c(CC(=O)NN=Cc2cn(-c3ccccc3)nc2-c2ccccc2)nc2ccccc21. The number of aryl methyl sites for hydroxylation is 1. The van der Waals surface area contributed by atoms with Gasteiger partial charge in [-0.1, -0.05) is 60.7 Å². The molecule has 0 fully saturated rings. The van der Waals surface area contributed by atoms with Gasteiger partial charge in [-0.3, -0.25) is 4.79 Å². The Balaban J connectivity index is 1.36. The lowest BCUT2D eigenvalue weighted by Crippen LogP contribution is -2.21. The van der Waals surface area contributed by atoms with E-state index in [0.717, 1.165) is 33.5 Å². The Kier molecular flexibility index (Phi) is 5.51. The van der Waals surface area contributed by atoms with Crippen LogP contribution in [0.25, 0.3) is 28.0 Å². The fraction of sp³-hybridized carbons (Fsp3) is 0.0769. The number of rotatable bonds is 6. The first-order valence-electron chi connectivity index (χ1n) is 10.6. The molecule has 0 aliphatic carbocycles. The smallest absolute Gasteiger partial charge is 0.247 e. The van der Waals surface area contributed by atoms with Crippen molar-refractivity contribution in [1.29, 1.82) is 0 Å². The van der Waals surface area contributed by atoms with Crippen LogP contribution < -0.4 is 5.43 Å². The van der Waals surface area contributed by atoms with Gasteiger partial charge in [-0.25, -0.2) is 15.1 Å². The van der Waals surface area contributed by atoms with Crippen molar-refractivity contribution in [2.24, 2.45) is 12.1 Å². The highest BCUT2D eigenvalue weighted by atomic mass is 16.2. The van der Waals surface area contributed by atoms with Crippen molar-refractivity contribution in [2.45, 2.75) is 6.42 Å². The molecule has 0 unspecified atom stereocenters. The number of carbonyl (C=O) groups is 1. The molecule has 7 heteroatoms. The number of nitrogens with one attached hydrogen (secondary N) is 1. The van der Waals surface area contributed by atoms with Gasteiger partial charge in [0.05, 0.1) is 29.4 Å². The molecule has 33 heavy (non-hydrogen) atoms. The largest absolute Gasteiger partial charge is 0.331 e. The third-order valence-corrected chi connectivity index (χ3v) is 5.40. The summed E-state index contributed by atoms with van der Waals surface area (Å²) < 4.78 is 3.74. The van der Waals surface area contributed by atoms with E-state index in [-0.39, 0.29) is 12.3 Å². The van der Waals surface area contributed by atoms with Crippen molar-refractivity contribution in [3.8, 4) is 16.9 Å². The monoisotopic (exact) mass is 434 g/mol. The summed E-state index contributed by atoms with van der Waals surface area (Å²) in [6.45, 7) is 0. The molecule has 1 amide bonds. The summed E-state index contributed by atoms with van der Waals surface area (Å²) in [6.07, 6.45) is 3.66. The lowest BCUT2D eigenvalue weighted by molar-refractivity contribution is -0.120. The Bertz CT molecular complexity index is 1430. The lowest BCUT2D eigenvalue weighted by Gasteiger charge is -2.01. The summed E-state index contributed by atoms with van der Waals surface area (Å²) in [6, 6.07) is 27.6. The van der Waals surface area contributed by atoms with Crippen molar-refractivity contribution in [3.63, 3.8) is 0 Å². The first-order valence-corrected chi connectivity index (χ1v) is 10.6. The number of nitrogens with zero attached hydrogens (tertiary/aromatic N) is 5. The fourth-order valence-electron chi connectivity index (χ4n) is 3.73. The summed E-state index contributed by atoms with van der Waals surface area (Å²) in [7, 11) is 1.91. The maximum Gasteiger partial charge on any atom is 0.247 e. The van der Waals surface area contributed by atoms with E-state index in [9.17, 15) is 4.79 Å². The van der Waals surface area contributed by atoms with E-state index in [1.165, 1.54) is 0 Å². The van der Waals surface area contributed by atoms with Gasteiger partial charge in [-0.05, 0) is 24.3 Å². The van der Waals surface area contributed by atoms with Crippen LogP contribution in [0.2, 0.25) is 0 Å². The number of amides is 1. The third kappa shape index (κ3) is 4.29. The average Bonchev–Trinajstić information content (AvgIpc) is 3.42. The van der Waals surface area contributed by atoms with Crippen LogP contribution in [0.1, 0.15) is 11.4 Å². The van der Waals surface area contributed by atoms with Gasteiger partial charge in [-0.15, -0.1) is 0 Å². The molecule has 5 rings (SSSR count). The average molecular weight is 435 g/mol. The number of hydrogen-bond acceptors (Lipinski definition) is 4. The van der Waals surface area contributed by atoms with Crippen molar-refractivity contribution >= 4 is 23.2 Å². The topological polar surface area (TPSA) is 77.1 Å². The summed E-state index contributed by atoms with van der Waals surface area (Å²) in [5, 5.41) is 8.95. The molecule has 2 aromatic heterocycles. The van der Waals surface area contributed by atoms with E-state index in [2.05, 4.69) is 15.5 Å². The van der Waals surface area contributed by atoms with E-state index in [4.69, 9.17) is 5.10 Å². The number of benzene rings is 3. The second kappa shape index (κ2) is 8.92. The molecule has 0 bridgehead atoms. The number of imidazole rings is 1. The van der Waals surface area contributed by atoms with Crippen LogP contribution >= 0.6 is 0 Å². The zero-order valence-corrected chi connectivity index (χ0v) is 18.1. The van der Waals surface area contributed by atoms with Crippen LogP contribution in [0.3, 0.4) is 0 Å². The number of hydrazone groups is 1. The Morgan fingerprint density at radius 3 is 2.42 bits per heavy atom. The van der Waals surface area contributed by atoms with Crippen molar-refractivity contribution < 1.29 is 4.79 Å². The molecule has 7 nitrogen and oxygen atoms in total. The summed E-state index contributed by atoms with van der Waals surface area (Å²) in [4.78, 5) is 17.1. The lowest BCUT2D eigenvalue weighted by atomic mass is 10.1. The summed E-state index contributed by atoms with van der Waals surface area (Å²) >= 11 is 0. The quantitative estimate of drug-likeness (QED) is 0.323. The Morgan fingerprint density at radius 2 is 1.67 bits per heavy atom. The summed E-state index contributed by atoms with van der Waals surface area (Å²) in [5.41, 5.74) is 7.98. The van der Waals surface area contributed by atoms with Crippen LogP contribution in [-0.4, -0.2) is 31.5 Å². The van der Waals surface area contributed by atoms with E-state index in [1.54, 1.807) is 6.21 Å². The van der Waals surface area contributed by atoms with Gasteiger partial charge >= 0.3 is 0 Å². The molecule has 0 aliphatic rings. The van der Waals surface area contributed by atoms with E-state index < -0.39 is 0 Å². The minimum Gasteiger partial charge on any atom is -0.331 e. The standard InChI is InChI=1S/C26H22N6O/c1-31-23-15-9-8-14-22(23)28-24(31)16-25(33)29-27-17-20-18-32(21-12-6-3-7-13-21)30-26(20)19-10-4-2-5-11-19/h2-15,17-18H,16H2,1H3,(H,29,33). The molecule has 3 aromatic carbocycles. The maximum atomic E-state index is 12.5. The molecule has 5 aromatic rings. The molecule has 1 N–H and O–H groups in total. The van der Waals surface area contributed by atoms with Gasteiger partial charge in [0.1, 0.15) is 11.5 Å². The Labute approximate surface area is 191 Å². The highest BCUT2D eigenvalue weighted by molar-refractivity contribution is 5.90.